The van der Waals surface area contributed by atoms with Crippen molar-refractivity contribution in [3.05, 3.63) is 59.7 Å². The molecule has 25 heavy (non-hydrogen) atoms. The van der Waals surface area contributed by atoms with Crippen LogP contribution < -0.4 is 5.32 Å². The first-order valence-electron chi connectivity index (χ1n) is 8.44. The normalized spacial score (nSPS) is 14.6. The Morgan fingerprint density at radius 3 is 2.68 bits per heavy atom. The number of aromatic nitrogens is 2. The maximum absolute atomic E-state index is 12.4. The first-order valence-corrected chi connectivity index (χ1v) is 8.44. The Kier molecular flexibility index (Phi) is 4.35. The molecule has 1 aliphatic rings. The van der Waals surface area contributed by atoms with Crippen LogP contribution in [-0.4, -0.2) is 47.3 Å². The fraction of sp³-hybridized carbons (Fsp3) is 0.263. The minimum atomic E-state index is 0.0705. The van der Waals surface area contributed by atoms with Crippen molar-refractivity contribution < 1.29 is 9.53 Å². The van der Waals surface area contributed by atoms with Crippen molar-refractivity contribution >= 4 is 22.6 Å². The highest BCUT2D eigenvalue weighted by Gasteiger charge is 2.18. The number of hydrogen-bond donors (Lipinski definition) is 2. The third kappa shape index (κ3) is 3.34. The Labute approximate surface area is 145 Å². The van der Waals surface area contributed by atoms with E-state index in [2.05, 4.69) is 15.5 Å². The predicted molar refractivity (Wildman–Crippen MR) is 96.6 cm³/mol. The van der Waals surface area contributed by atoms with Gasteiger partial charge in [-0.05, 0) is 29.8 Å². The number of carbonyl (C=O) groups excluding carboxylic acids is 1. The van der Waals surface area contributed by atoms with Gasteiger partial charge in [0.15, 0.2) is 5.82 Å². The van der Waals surface area contributed by atoms with E-state index in [1.807, 2.05) is 53.4 Å². The molecule has 2 N–H and O–H groups in total. The van der Waals surface area contributed by atoms with Gasteiger partial charge in [0.25, 0.3) is 5.91 Å². The number of morpholine rings is 1. The molecular weight excluding hydrogens is 316 g/mol. The molecule has 6 nitrogen and oxygen atoms in total. The zero-order valence-corrected chi connectivity index (χ0v) is 13.9. The molecule has 1 fully saturated rings. The summed E-state index contributed by atoms with van der Waals surface area (Å²) in [5, 5.41) is 11.7. The monoisotopic (exact) mass is 336 g/mol. The van der Waals surface area contributed by atoms with Gasteiger partial charge in [-0.25, -0.2) is 0 Å². The van der Waals surface area contributed by atoms with Gasteiger partial charge in [-0.1, -0.05) is 24.3 Å². The van der Waals surface area contributed by atoms with E-state index >= 15 is 0 Å². The summed E-state index contributed by atoms with van der Waals surface area (Å²) in [5.74, 6) is 0.908. The van der Waals surface area contributed by atoms with Crippen molar-refractivity contribution in [2.24, 2.45) is 0 Å². The first kappa shape index (κ1) is 15.7. The van der Waals surface area contributed by atoms with Crippen molar-refractivity contribution in [1.82, 2.24) is 15.1 Å². The second-order valence-electron chi connectivity index (χ2n) is 6.07. The minimum absolute atomic E-state index is 0.0705. The van der Waals surface area contributed by atoms with E-state index in [-0.39, 0.29) is 5.91 Å². The number of carbonyl (C=O) groups is 1. The SMILES string of the molecule is O=C(c1ccc(CNc2n[nH]c3ccccc23)cc1)N1CCOCC1. The number of anilines is 1. The fourth-order valence-electron chi connectivity index (χ4n) is 3.00. The Morgan fingerprint density at radius 1 is 1.12 bits per heavy atom. The zero-order valence-electron chi connectivity index (χ0n) is 13.9. The summed E-state index contributed by atoms with van der Waals surface area (Å²) >= 11 is 0. The molecule has 0 aliphatic carbocycles. The molecule has 4 rings (SSSR count). The smallest absolute Gasteiger partial charge is 0.254 e. The Balaban J connectivity index is 1.41. The summed E-state index contributed by atoms with van der Waals surface area (Å²) in [7, 11) is 0. The standard InChI is InChI=1S/C19H20N4O2/c24-19(23-9-11-25-12-10-23)15-7-5-14(6-8-15)13-20-18-16-3-1-2-4-17(16)21-22-18/h1-8H,9-13H2,(H2,20,21,22). The number of amides is 1. The number of benzene rings is 2. The quantitative estimate of drug-likeness (QED) is 0.768. The molecule has 0 saturated carbocycles. The second kappa shape index (κ2) is 6.94. The van der Waals surface area contributed by atoms with E-state index in [4.69, 9.17) is 4.74 Å². The van der Waals surface area contributed by atoms with E-state index in [0.717, 1.165) is 27.8 Å². The highest BCUT2D eigenvalue weighted by Crippen LogP contribution is 2.20. The van der Waals surface area contributed by atoms with E-state index in [0.29, 0.717) is 32.8 Å². The molecule has 0 bridgehead atoms. The van der Waals surface area contributed by atoms with Gasteiger partial charge in [0.2, 0.25) is 0 Å². The molecule has 128 valence electrons. The van der Waals surface area contributed by atoms with Crippen LogP contribution in [0.4, 0.5) is 5.82 Å². The van der Waals surface area contributed by atoms with Crippen LogP contribution in [0.3, 0.4) is 0 Å². The van der Waals surface area contributed by atoms with Crippen LogP contribution in [-0.2, 0) is 11.3 Å². The lowest BCUT2D eigenvalue weighted by atomic mass is 10.1. The van der Waals surface area contributed by atoms with Crippen LogP contribution in [0.1, 0.15) is 15.9 Å². The average Bonchev–Trinajstić information content (AvgIpc) is 3.10. The summed E-state index contributed by atoms with van der Waals surface area (Å²) < 4.78 is 5.29. The van der Waals surface area contributed by atoms with Gasteiger partial charge >= 0.3 is 0 Å². The summed E-state index contributed by atoms with van der Waals surface area (Å²) in [6.07, 6.45) is 0. The number of nitrogens with one attached hydrogen (secondary N) is 2. The van der Waals surface area contributed by atoms with Gasteiger partial charge in [-0.3, -0.25) is 9.89 Å². The number of H-pyrrole nitrogens is 1. The summed E-state index contributed by atoms with van der Waals surface area (Å²) in [5.41, 5.74) is 2.83. The van der Waals surface area contributed by atoms with Gasteiger partial charge in [0, 0.05) is 30.6 Å². The van der Waals surface area contributed by atoms with Gasteiger partial charge < -0.3 is 15.0 Å². The molecule has 6 heteroatoms. The molecular formula is C19H20N4O2. The van der Waals surface area contributed by atoms with Crippen molar-refractivity contribution in [2.75, 3.05) is 31.6 Å². The molecule has 0 unspecified atom stereocenters. The highest BCUT2D eigenvalue weighted by atomic mass is 16.5. The number of ether oxygens (including phenoxy) is 1. The molecule has 1 saturated heterocycles. The molecule has 0 atom stereocenters. The topological polar surface area (TPSA) is 70.2 Å². The minimum Gasteiger partial charge on any atom is -0.378 e. The number of nitrogens with zero attached hydrogens (tertiary/aromatic N) is 2. The van der Waals surface area contributed by atoms with Crippen molar-refractivity contribution in [1.29, 1.82) is 0 Å². The van der Waals surface area contributed by atoms with E-state index in [9.17, 15) is 4.79 Å². The third-order valence-electron chi connectivity index (χ3n) is 4.43. The maximum atomic E-state index is 12.4. The Morgan fingerprint density at radius 2 is 1.88 bits per heavy atom. The lowest BCUT2D eigenvalue weighted by molar-refractivity contribution is 0.0303. The molecule has 0 radical (unpaired) electrons. The van der Waals surface area contributed by atoms with Gasteiger partial charge in [0.1, 0.15) is 0 Å². The largest absolute Gasteiger partial charge is 0.378 e. The van der Waals surface area contributed by atoms with E-state index in [1.165, 1.54) is 0 Å². The van der Waals surface area contributed by atoms with Crippen LogP contribution in [0.15, 0.2) is 48.5 Å². The maximum Gasteiger partial charge on any atom is 0.254 e. The average molecular weight is 336 g/mol. The van der Waals surface area contributed by atoms with Gasteiger partial charge in [0.05, 0.1) is 18.7 Å². The molecule has 1 amide bonds. The van der Waals surface area contributed by atoms with Crippen molar-refractivity contribution in [2.45, 2.75) is 6.54 Å². The first-order chi connectivity index (χ1) is 12.3. The predicted octanol–water partition coefficient (Wildman–Crippen LogP) is 2.65. The molecule has 0 spiro atoms. The Bertz CT molecular complexity index is 867. The lowest BCUT2D eigenvalue weighted by Gasteiger charge is -2.26. The van der Waals surface area contributed by atoms with Crippen LogP contribution in [0, 0.1) is 0 Å². The highest BCUT2D eigenvalue weighted by molar-refractivity contribution is 5.94. The number of hydrogen-bond acceptors (Lipinski definition) is 4. The fourth-order valence-corrected chi connectivity index (χ4v) is 3.00. The lowest BCUT2D eigenvalue weighted by Crippen LogP contribution is -2.40. The molecule has 2 heterocycles. The second-order valence-corrected chi connectivity index (χ2v) is 6.07. The third-order valence-corrected chi connectivity index (χ3v) is 4.43. The summed E-state index contributed by atoms with van der Waals surface area (Å²) in [6, 6.07) is 15.7. The molecule has 3 aromatic rings. The van der Waals surface area contributed by atoms with Crippen LogP contribution in [0.2, 0.25) is 0 Å². The van der Waals surface area contributed by atoms with Crippen LogP contribution in [0.5, 0.6) is 0 Å². The Hall–Kier alpha value is -2.86. The van der Waals surface area contributed by atoms with Gasteiger partial charge in [-0.2, -0.15) is 5.10 Å². The van der Waals surface area contributed by atoms with Crippen molar-refractivity contribution in [3.8, 4) is 0 Å². The number of para-hydroxylation sites is 1. The van der Waals surface area contributed by atoms with Crippen molar-refractivity contribution in [3.63, 3.8) is 0 Å². The zero-order chi connectivity index (χ0) is 17.1. The van der Waals surface area contributed by atoms with E-state index in [1.54, 1.807) is 0 Å². The van der Waals surface area contributed by atoms with E-state index < -0.39 is 0 Å². The summed E-state index contributed by atoms with van der Waals surface area (Å²) in [6.45, 7) is 3.21. The van der Waals surface area contributed by atoms with Crippen LogP contribution >= 0.6 is 0 Å². The molecule has 1 aromatic heterocycles. The van der Waals surface area contributed by atoms with Crippen LogP contribution in [0.25, 0.3) is 10.9 Å². The molecule has 1 aliphatic heterocycles. The summed E-state index contributed by atoms with van der Waals surface area (Å²) in [4.78, 5) is 14.3. The van der Waals surface area contributed by atoms with Gasteiger partial charge in [-0.15, -0.1) is 0 Å². The number of rotatable bonds is 4. The molecule has 2 aromatic carbocycles. The number of fused-ring (bicyclic) bond motifs is 1. The number of aromatic amines is 1.